The lowest BCUT2D eigenvalue weighted by atomic mass is 10.3. The molecular formula is C15H13ClN2O2S. The van der Waals surface area contributed by atoms with Gasteiger partial charge in [0.15, 0.2) is 5.13 Å². The average Bonchev–Trinajstić information content (AvgIpc) is 2.87. The number of hydrogen-bond acceptors (Lipinski definition) is 5. The highest BCUT2D eigenvalue weighted by Gasteiger charge is 2.07. The zero-order valence-electron chi connectivity index (χ0n) is 11.5. The largest absolute Gasteiger partial charge is 0.497 e. The van der Waals surface area contributed by atoms with Crippen molar-refractivity contribution in [3.63, 3.8) is 0 Å². The fourth-order valence-corrected chi connectivity index (χ4v) is 2.99. The van der Waals surface area contributed by atoms with Gasteiger partial charge in [-0.3, -0.25) is 0 Å². The summed E-state index contributed by atoms with van der Waals surface area (Å²) in [6, 6.07) is 11.3. The van der Waals surface area contributed by atoms with E-state index >= 15 is 0 Å². The van der Waals surface area contributed by atoms with Crippen LogP contribution in [0.2, 0.25) is 5.02 Å². The molecule has 2 aromatic carbocycles. The lowest BCUT2D eigenvalue weighted by Gasteiger charge is -2.08. The Morgan fingerprint density at radius 3 is 2.43 bits per heavy atom. The van der Waals surface area contributed by atoms with Gasteiger partial charge in [-0.05, 0) is 18.2 Å². The van der Waals surface area contributed by atoms with E-state index in [1.54, 1.807) is 25.6 Å². The minimum absolute atomic E-state index is 0.683. The van der Waals surface area contributed by atoms with Crippen LogP contribution in [0.15, 0.2) is 36.4 Å². The number of nitrogens with one attached hydrogen (secondary N) is 1. The highest BCUT2D eigenvalue weighted by atomic mass is 35.5. The highest BCUT2D eigenvalue weighted by molar-refractivity contribution is 7.22. The van der Waals surface area contributed by atoms with E-state index in [2.05, 4.69) is 10.3 Å². The predicted molar refractivity (Wildman–Crippen MR) is 87.5 cm³/mol. The van der Waals surface area contributed by atoms with E-state index in [-0.39, 0.29) is 0 Å². The van der Waals surface area contributed by atoms with Crippen molar-refractivity contribution < 1.29 is 9.47 Å². The van der Waals surface area contributed by atoms with E-state index in [1.165, 1.54) is 0 Å². The first-order chi connectivity index (χ1) is 10.2. The monoisotopic (exact) mass is 320 g/mol. The molecule has 6 heteroatoms. The Morgan fingerprint density at radius 1 is 1.05 bits per heavy atom. The number of aromatic nitrogens is 1. The van der Waals surface area contributed by atoms with Crippen LogP contribution in [0.25, 0.3) is 10.2 Å². The van der Waals surface area contributed by atoms with Gasteiger partial charge in [-0.1, -0.05) is 22.9 Å². The first-order valence-electron chi connectivity index (χ1n) is 6.24. The summed E-state index contributed by atoms with van der Waals surface area (Å²) >= 11 is 7.54. The Balaban J connectivity index is 1.94. The third-order valence-electron chi connectivity index (χ3n) is 2.95. The van der Waals surface area contributed by atoms with Crippen molar-refractivity contribution in [3.05, 3.63) is 41.4 Å². The van der Waals surface area contributed by atoms with Gasteiger partial charge in [-0.2, -0.15) is 0 Å². The maximum absolute atomic E-state index is 5.98. The molecule has 0 bridgehead atoms. The molecule has 0 fully saturated rings. The van der Waals surface area contributed by atoms with Crippen LogP contribution in [0.3, 0.4) is 0 Å². The standard InChI is InChI=1S/C15H13ClN2O2S/c1-19-11-6-10(7-12(8-11)20-2)17-15-18-13-5-9(16)3-4-14(13)21-15/h3-8H,1-2H3,(H,17,18). The lowest BCUT2D eigenvalue weighted by Crippen LogP contribution is -1.93. The van der Waals surface area contributed by atoms with Crippen LogP contribution in [0.1, 0.15) is 0 Å². The lowest BCUT2D eigenvalue weighted by molar-refractivity contribution is 0.395. The second kappa shape index (κ2) is 5.79. The normalized spacial score (nSPS) is 10.6. The second-order valence-corrected chi connectivity index (χ2v) is 5.82. The molecule has 1 N–H and O–H groups in total. The molecule has 0 saturated heterocycles. The summed E-state index contributed by atoms with van der Waals surface area (Å²) < 4.78 is 11.6. The molecule has 0 aliphatic carbocycles. The summed E-state index contributed by atoms with van der Waals surface area (Å²) in [5.74, 6) is 1.45. The number of halogens is 1. The number of fused-ring (bicyclic) bond motifs is 1. The fourth-order valence-electron chi connectivity index (χ4n) is 1.96. The van der Waals surface area contributed by atoms with E-state index in [0.29, 0.717) is 5.02 Å². The van der Waals surface area contributed by atoms with Crippen LogP contribution in [0.5, 0.6) is 11.5 Å². The highest BCUT2D eigenvalue weighted by Crippen LogP contribution is 2.32. The molecule has 0 aliphatic heterocycles. The Morgan fingerprint density at radius 2 is 1.76 bits per heavy atom. The van der Waals surface area contributed by atoms with Gasteiger partial charge in [0.1, 0.15) is 11.5 Å². The zero-order valence-corrected chi connectivity index (χ0v) is 13.1. The summed E-state index contributed by atoms with van der Waals surface area (Å²) in [6.45, 7) is 0. The predicted octanol–water partition coefficient (Wildman–Crippen LogP) is 4.71. The minimum Gasteiger partial charge on any atom is -0.497 e. The van der Waals surface area contributed by atoms with Gasteiger partial charge in [-0.15, -0.1) is 0 Å². The van der Waals surface area contributed by atoms with Crippen LogP contribution in [-0.2, 0) is 0 Å². The quantitative estimate of drug-likeness (QED) is 0.756. The van der Waals surface area contributed by atoms with Crippen molar-refractivity contribution in [2.45, 2.75) is 0 Å². The fraction of sp³-hybridized carbons (Fsp3) is 0.133. The van der Waals surface area contributed by atoms with Crippen LogP contribution >= 0.6 is 22.9 Å². The molecule has 0 saturated carbocycles. The van der Waals surface area contributed by atoms with Crippen LogP contribution < -0.4 is 14.8 Å². The number of methoxy groups -OCH3 is 2. The Hall–Kier alpha value is -1.98. The average molecular weight is 321 g/mol. The Kier molecular flexibility index (Phi) is 3.86. The number of benzene rings is 2. The summed E-state index contributed by atoms with van der Waals surface area (Å²) in [6.07, 6.45) is 0. The molecular weight excluding hydrogens is 308 g/mol. The van der Waals surface area contributed by atoms with E-state index in [0.717, 1.165) is 32.5 Å². The number of nitrogens with zero attached hydrogens (tertiary/aromatic N) is 1. The van der Waals surface area contributed by atoms with E-state index < -0.39 is 0 Å². The molecule has 0 unspecified atom stereocenters. The summed E-state index contributed by atoms with van der Waals surface area (Å²) in [5, 5.41) is 4.74. The molecule has 108 valence electrons. The maximum atomic E-state index is 5.98. The molecule has 0 spiro atoms. The first kappa shape index (κ1) is 14.0. The van der Waals surface area contributed by atoms with Gasteiger partial charge in [0.25, 0.3) is 0 Å². The molecule has 3 rings (SSSR count). The van der Waals surface area contributed by atoms with Gasteiger partial charge < -0.3 is 14.8 Å². The summed E-state index contributed by atoms with van der Waals surface area (Å²) in [4.78, 5) is 4.52. The second-order valence-electron chi connectivity index (χ2n) is 4.36. The van der Waals surface area contributed by atoms with Gasteiger partial charge in [0, 0.05) is 28.9 Å². The molecule has 0 radical (unpaired) electrons. The molecule has 0 aliphatic rings. The molecule has 0 amide bonds. The molecule has 0 atom stereocenters. The summed E-state index contributed by atoms with van der Waals surface area (Å²) in [7, 11) is 3.25. The van der Waals surface area contributed by atoms with Crippen molar-refractivity contribution >= 4 is 44.0 Å². The SMILES string of the molecule is COc1cc(Nc2nc3cc(Cl)ccc3s2)cc(OC)c1. The minimum atomic E-state index is 0.683. The number of ether oxygens (including phenoxy) is 2. The third-order valence-corrected chi connectivity index (χ3v) is 4.14. The van der Waals surface area contributed by atoms with Gasteiger partial charge in [0.05, 0.1) is 24.4 Å². The van der Waals surface area contributed by atoms with Crippen molar-refractivity contribution in [3.8, 4) is 11.5 Å². The molecule has 1 aromatic heterocycles. The van der Waals surface area contributed by atoms with Gasteiger partial charge >= 0.3 is 0 Å². The molecule has 1 heterocycles. The van der Waals surface area contributed by atoms with Gasteiger partial charge in [-0.25, -0.2) is 4.98 Å². The Bertz CT molecular complexity index is 766. The molecule has 4 nitrogen and oxygen atoms in total. The number of rotatable bonds is 4. The maximum Gasteiger partial charge on any atom is 0.188 e. The van der Waals surface area contributed by atoms with Crippen molar-refractivity contribution in [2.24, 2.45) is 0 Å². The Labute approximate surface area is 131 Å². The molecule has 21 heavy (non-hydrogen) atoms. The third kappa shape index (κ3) is 3.04. The number of hydrogen-bond donors (Lipinski definition) is 1. The van der Waals surface area contributed by atoms with E-state index in [4.69, 9.17) is 21.1 Å². The number of anilines is 2. The van der Waals surface area contributed by atoms with Crippen molar-refractivity contribution in [1.29, 1.82) is 0 Å². The van der Waals surface area contributed by atoms with Crippen LogP contribution in [0, 0.1) is 0 Å². The van der Waals surface area contributed by atoms with Crippen LogP contribution in [0.4, 0.5) is 10.8 Å². The van der Waals surface area contributed by atoms with Crippen LogP contribution in [-0.4, -0.2) is 19.2 Å². The van der Waals surface area contributed by atoms with E-state index in [1.807, 2.05) is 36.4 Å². The van der Waals surface area contributed by atoms with Crippen molar-refractivity contribution in [1.82, 2.24) is 4.98 Å². The number of thiazole rings is 1. The first-order valence-corrected chi connectivity index (χ1v) is 7.43. The van der Waals surface area contributed by atoms with Gasteiger partial charge in [0.2, 0.25) is 0 Å². The van der Waals surface area contributed by atoms with E-state index in [9.17, 15) is 0 Å². The molecule has 3 aromatic rings. The van der Waals surface area contributed by atoms with Crippen molar-refractivity contribution in [2.75, 3.05) is 19.5 Å². The smallest absolute Gasteiger partial charge is 0.188 e. The summed E-state index contributed by atoms with van der Waals surface area (Å²) in [5.41, 5.74) is 1.74. The topological polar surface area (TPSA) is 43.4 Å². The zero-order chi connectivity index (χ0) is 14.8.